The van der Waals surface area contributed by atoms with E-state index in [1.165, 1.54) is 18.4 Å². The van der Waals surface area contributed by atoms with Gasteiger partial charge in [0.15, 0.2) is 5.96 Å². The highest BCUT2D eigenvalue weighted by atomic mass is 16.5. The summed E-state index contributed by atoms with van der Waals surface area (Å²) in [5, 5.41) is 6.76. The molecule has 0 aliphatic carbocycles. The quantitative estimate of drug-likeness (QED) is 0.314. The van der Waals surface area contributed by atoms with E-state index in [9.17, 15) is 0 Å². The molecule has 0 saturated heterocycles. The number of likely N-dealkylation sites (N-methyl/N-ethyl adjacent to an activating group) is 1. The number of hydrogen-bond donors (Lipinski definition) is 2. The van der Waals surface area contributed by atoms with Crippen molar-refractivity contribution in [1.29, 1.82) is 0 Å². The summed E-state index contributed by atoms with van der Waals surface area (Å²) < 4.78 is 11.0. The summed E-state index contributed by atoms with van der Waals surface area (Å²) in [4.78, 5) is 6.66. The predicted molar refractivity (Wildman–Crippen MR) is 114 cm³/mol. The van der Waals surface area contributed by atoms with Crippen molar-refractivity contribution in [1.82, 2.24) is 15.5 Å². The highest BCUT2D eigenvalue weighted by molar-refractivity contribution is 5.79. The number of nitrogens with one attached hydrogen (secondary N) is 2. The topological polar surface area (TPSA) is 58.1 Å². The van der Waals surface area contributed by atoms with E-state index < -0.39 is 0 Å². The Bertz CT molecular complexity index is 549. The molecular weight excluding hydrogens is 340 g/mol. The van der Waals surface area contributed by atoms with Crippen LogP contribution in [0, 0.1) is 6.92 Å². The first kappa shape index (κ1) is 23.2. The van der Waals surface area contributed by atoms with Gasteiger partial charge in [-0.1, -0.05) is 25.5 Å². The van der Waals surface area contributed by atoms with E-state index in [1.54, 1.807) is 14.2 Å². The van der Waals surface area contributed by atoms with Crippen LogP contribution in [0.15, 0.2) is 23.2 Å². The van der Waals surface area contributed by atoms with Crippen LogP contribution in [0.1, 0.15) is 37.3 Å². The van der Waals surface area contributed by atoms with E-state index >= 15 is 0 Å². The zero-order valence-electron chi connectivity index (χ0n) is 17.8. The Balaban J connectivity index is 2.47. The second-order valence-corrected chi connectivity index (χ2v) is 6.82. The molecule has 6 nitrogen and oxygen atoms in total. The van der Waals surface area contributed by atoms with Gasteiger partial charge in [-0.05, 0) is 38.6 Å². The SMILES string of the molecule is CCCCN(C)CCNC(=NC)NCc1ccc(C)cc1OCCCOC. The van der Waals surface area contributed by atoms with E-state index in [0.717, 1.165) is 43.3 Å². The van der Waals surface area contributed by atoms with Crippen LogP contribution in [0.2, 0.25) is 0 Å². The number of hydrogen-bond acceptors (Lipinski definition) is 4. The maximum Gasteiger partial charge on any atom is 0.191 e. The fourth-order valence-electron chi connectivity index (χ4n) is 2.63. The molecule has 1 aromatic rings. The number of rotatable bonds is 13. The van der Waals surface area contributed by atoms with Gasteiger partial charge in [0.05, 0.1) is 6.61 Å². The van der Waals surface area contributed by atoms with Crippen molar-refractivity contribution >= 4 is 5.96 Å². The Labute approximate surface area is 165 Å². The number of aliphatic imine (C=N–C) groups is 1. The molecule has 0 aromatic heterocycles. The third-order valence-electron chi connectivity index (χ3n) is 4.32. The average molecular weight is 379 g/mol. The molecule has 0 unspecified atom stereocenters. The minimum atomic E-state index is 0.654. The molecule has 0 heterocycles. The van der Waals surface area contributed by atoms with Gasteiger partial charge in [-0.25, -0.2) is 0 Å². The lowest BCUT2D eigenvalue weighted by molar-refractivity contribution is 0.171. The van der Waals surface area contributed by atoms with Crippen molar-refractivity contribution in [3.8, 4) is 5.75 Å². The number of nitrogens with zero attached hydrogens (tertiary/aromatic N) is 2. The first-order valence-corrected chi connectivity index (χ1v) is 9.95. The largest absolute Gasteiger partial charge is 0.493 e. The van der Waals surface area contributed by atoms with Crippen molar-refractivity contribution in [3.05, 3.63) is 29.3 Å². The number of benzene rings is 1. The molecule has 0 radical (unpaired) electrons. The summed E-state index contributed by atoms with van der Waals surface area (Å²) in [6, 6.07) is 6.31. The van der Waals surface area contributed by atoms with E-state index in [2.05, 4.69) is 59.6 Å². The third kappa shape index (κ3) is 10.2. The Kier molecular flexibility index (Phi) is 12.3. The molecule has 0 aliphatic heterocycles. The molecule has 0 bridgehead atoms. The van der Waals surface area contributed by atoms with Crippen LogP contribution in [0.3, 0.4) is 0 Å². The summed E-state index contributed by atoms with van der Waals surface area (Å²) in [6.07, 6.45) is 3.35. The van der Waals surface area contributed by atoms with Gasteiger partial charge in [-0.15, -0.1) is 0 Å². The number of guanidine groups is 1. The Morgan fingerprint density at radius 2 is 1.96 bits per heavy atom. The van der Waals surface area contributed by atoms with Crippen LogP contribution in [0.25, 0.3) is 0 Å². The lowest BCUT2D eigenvalue weighted by Gasteiger charge is -2.18. The van der Waals surface area contributed by atoms with Crippen molar-refractivity contribution in [2.45, 2.75) is 39.7 Å². The second-order valence-electron chi connectivity index (χ2n) is 6.82. The first-order valence-electron chi connectivity index (χ1n) is 9.95. The fourth-order valence-corrected chi connectivity index (χ4v) is 2.63. The van der Waals surface area contributed by atoms with Crippen molar-refractivity contribution in [3.63, 3.8) is 0 Å². The van der Waals surface area contributed by atoms with Crippen LogP contribution in [-0.2, 0) is 11.3 Å². The molecule has 2 N–H and O–H groups in total. The molecule has 154 valence electrons. The van der Waals surface area contributed by atoms with Gasteiger partial charge in [0.1, 0.15) is 5.75 Å². The molecule has 0 spiro atoms. The smallest absolute Gasteiger partial charge is 0.191 e. The lowest BCUT2D eigenvalue weighted by Crippen LogP contribution is -2.40. The normalized spacial score (nSPS) is 11.7. The molecule has 0 fully saturated rings. The van der Waals surface area contributed by atoms with Crippen LogP contribution in [-0.4, -0.2) is 64.9 Å². The van der Waals surface area contributed by atoms with E-state index in [4.69, 9.17) is 9.47 Å². The van der Waals surface area contributed by atoms with Crippen LogP contribution < -0.4 is 15.4 Å². The summed E-state index contributed by atoms with van der Waals surface area (Å²) in [5.41, 5.74) is 2.32. The Morgan fingerprint density at radius 3 is 2.67 bits per heavy atom. The first-order chi connectivity index (χ1) is 13.1. The highest BCUT2D eigenvalue weighted by Crippen LogP contribution is 2.20. The van der Waals surface area contributed by atoms with Crippen LogP contribution >= 0.6 is 0 Å². The molecule has 27 heavy (non-hydrogen) atoms. The highest BCUT2D eigenvalue weighted by Gasteiger charge is 2.06. The predicted octanol–water partition coefficient (Wildman–Crippen LogP) is 2.81. The zero-order chi connectivity index (χ0) is 19.9. The standard InChI is InChI=1S/C21H38N4O2/c1-6-7-12-25(4)13-11-23-21(22-3)24-17-19-10-9-18(2)16-20(19)27-15-8-14-26-5/h9-10,16H,6-8,11-15,17H2,1-5H3,(H2,22,23,24). The fraction of sp³-hybridized carbons (Fsp3) is 0.667. The number of ether oxygens (including phenoxy) is 2. The van der Waals surface area contributed by atoms with Gasteiger partial charge >= 0.3 is 0 Å². The van der Waals surface area contributed by atoms with E-state index in [1.807, 2.05) is 0 Å². The van der Waals surface area contributed by atoms with Crippen molar-refractivity contribution < 1.29 is 9.47 Å². The summed E-state index contributed by atoms with van der Waals surface area (Å²) in [5.74, 6) is 1.73. The van der Waals surface area contributed by atoms with Gasteiger partial charge in [0.2, 0.25) is 0 Å². The minimum absolute atomic E-state index is 0.654. The second kappa shape index (κ2) is 14.3. The molecule has 0 aliphatic rings. The van der Waals surface area contributed by atoms with Crippen LogP contribution in [0.5, 0.6) is 5.75 Å². The lowest BCUT2D eigenvalue weighted by atomic mass is 10.1. The summed E-state index contributed by atoms with van der Waals surface area (Å²) in [7, 11) is 5.67. The molecule has 6 heteroatoms. The summed E-state index contributed by atoms with van der Waals surface area (Å²) in [6.45, 7) is 9.34. The van der Waals surface area contributed by atoms with Gasteiger partial charge in [0.25, 0.3) is 0 Å². The van der Waals surface area contributed by atoms with Gasteiger partial charge in [-0.3, -0.25) is 4.99 Å². The van der Waals surface area contributed by atoms with Crippen LogP contribution in [0.4, 0.5) is 0 Å². The molecule has 0 amide bonds. The van der Waals surface area contributed by atoms with Crippen molar-refractivity contribution in [2.75, 3.05) is 54.1 Å². The van der Waals surface area contributed by atoms with Crippen molar-refractivity contribution in [2.24, 2.45) is 4.99 Å². The third-order valence-corrected chi connectivity index (χ3v) is 4.32. The minimum Gasteiger partial charge on any atom is -0.493 e. The molecule has 0 atom stereocenters. The number of unbranched alkanes of at least 4 members (excludes halogenated alkanes) is 1. The average Bonchev–Trinajstić information content (AvgIpc) is 2.67. The Morgan fingerprint density at radius 1 is 1.15 bits per heavy atom. The molecule has 1 aromatic carbocycles. The molecule has 0 saturated carbocycles. The number of methoxy groups -OCH3 is 1. The van der Waals surface area contributed by atoms with Gasteiger partial charge < -0.3 is 25.0 Å². The monoisotopic (exact) mass is 378 g/mol. The van der Waals surface area contributed by atoms with E-state index in [-0.39, 0.29) is 0 Å². The zero-order valence-corrected chi connectivity index (χ0v) is 17.8. The van der Waals surface area contributed by atoms with Gasteiger partial charge in [0, 0.05) is 52.4 Å². The maximum absolute atomic E-state index is 5.95. The summed E-state index contributed by atoms with van der Waals surface area (Å²) >= 11 is 0. The Hall–Kier alpha value is -1.79. The van der Waals surface area contributed by atoms with Gasteiger partial charge in [-0.2, -0.15) is 0 Å². The number of aryl methyl sites for hydroxylation is 1. The van der Waals surface area contributed by atoms with E-state index in [0.29, 0.717) is 19.8 Å². The maximum atomic E-state index is 5.95. The molecule has 1 rings (SSSR count). The molecular formula is C21H38N4O2.